The minimum atomic E-state index is -0.526. The summed E-state index contributed by atoms with van der Waals surface area (Å²) < 4.78 is 6.96. The van der Waals surface area contributed by atoms with Crippen LogP contribution in [-0.4, -0.2) is 53.4 Å². The second kappa shape index (κ2) is 6.70. The summed E-state index contributed by atoms with van der Waals surface area (Å²) in [6, 6.07) is 9.12. The molecule has 1 saturated heterocycles. The highest BCUT2D eigenvalue weighted by Crippen LogP contribution is 2.24. The van der Waals surface area contributed by atoms with E-state index in [4.69, 9.17) is 15.7 Å². The molecule has 3 N–H and O–H groups in total. The van der Waals surface area contributed by atoms with Crippen molar-refractivity contribution in [1.29, 1.82) is 5.26 Å². The van der Waals surface area contributed by atoms with Crippen molar-refractivity contribution in [2.45, 2.75) is 6.10 Å². The van der Waals surface area contributed by atoms with E-state index >= 15 is 0 Å². The van der Waals surface area contributed by atoms with Crippen molar-refractivity contribution in [1.82, 2.24) is 14.7 Å². The van der Waals surface area contributed by atoms with E-state index in [1.54, 1.807) is 18.2 Å². The summed E-state index contributed by atoms with van der Waals surface area (Å²) in [5.41, 5.74) is 7.37. The molecule has 0 bridgehead atoms. The highest BCUT2D eigenvalue weighted by molar-refractivity contribution is 5.96. The Hall–Kier alpha value is -2.89. The maximum absolute atomic E-state index is 12.5. The van der Waals surface area contributed by atoms with Gasteiger partial charge in [-0.3, -0.25) is 4.79 Å². The lowest BCUT2D eigenvalue weighted by molar-refractivity contribution is -0.132. The number of para-hydroxylation sites is 2. The SMILES string of the molecule is CN1CCO[C@@H](C(=O)Nc2ccccc2-n2ncc(C#N)c2N)C1. The number of ether oxygens (including phenoxy) is 1. The van der Waals surface area contributed by atoms with Gasteiger partial charge in [-0.1, -0.05) is 12.1 Å². The Labute approximate surface area is 139 Å². The Kier molecular flexibility index (Phi) is 4.46. The molecular weight excluding hydrogens is 308 g/mol. The molecule has 1 aromatic carbocycles. The number of hydrogen-bond donors (Lipinski definition) is 2. The Morgan fingerprint density at radius 3 is 3.00 bits per heavy atom. The van der Waals surface area contributed by atoms with Crippen LogP contribution in [0.2, 0.25) is 0 Å². The van der Waals surface area contributed by atoms with Crippen molar-refractivity contribution in [3.8, 4) is 11.8 Å². The fraction of sp³-hybridized carbons (Fsp3) is 0.312. The molecule has 0 spiro atoms. The summed E-state index contributed by atoms with van der Waals surface area (Å²) >= 11 is 0. The number of nitrogen functional groups attached to an aromatic ring is 1. The smallest absolute Gasteiger partial charge is 0.254 e. The fourth-order valence-electron chi connectivity index (χ4n) is 2.55. The first kappa shape index (κ1) is 16.0. The monoisotopic (exact) mass is 326 g/mol. The number of benzene rings is 1. The van der Waals surface area contributed by atoms with Gasteiger partial charge in [0.25, 0.3) is 5.91 Å². The molecule has 1 amide bonds. The second-order valence-corrected chi connectivity index (χ2v) is 5.60. The maximum atomic E-state index is 12.5. The van der Waals surface area contributed by atoms with Gasteiger partial charge in [-0.05, 0) is 19.2 Å². The Bertz CT molecular complexity index is 794. The molecule has 0 aliphatic carbocycles. The van der Waals surface area contributed by atoms with Gasteiger partial charge in [-0.25, -0.2) is 4.68 Å². The molecule has 2 heterocycles. The van der Waals surface area contributed by atoms with E-state index in [9.17, 15) is 4.79 Å². The normalized spacial score (nSPS) is 18.1. The van der Waals surface area contributed by atoms with Crippen LogP contribution in [0.25, 0.3) is 5.69 Å². The molecule has 0 saturated carbocycles. The van der Waals surface area contributed by atoms with E-state index in [-0.39, 0.29) is 17.3 Å². The number of nitrogens with two attached hydrogens (primary N) is 1. The highest BCUT2D eigenvalue weighted by Gasteiger charge is 2.25. The molecule has 1 aliphatic heterocycles. The van der Waals surface area contributed by atoms with Gasteiger partial charge in [-0.15, -0.1) is 0 Å². The third-order valence-corrected chi connectivity index (χ3v) is 3.88. The summed E-state index contributed by atoms with van der Waals surface area (Å²) in [5.74, 6) is 0.00748. The Balaban J connectivity index is 1.85. The number of carbonyl (C=O) groups is 1. The molecule has 0 unspecified atom stereocenters. The van der Waals surface area contributed by atoms with Crippen LogP contribution in [0.3, 0.4) is 0 Å². The van der Waals surface area contributed by atoms with E-state index in [0.717, 1.165) is 6.54 Å². The number of likely N-dealkylation sites (N-methyl/N-ethyl adjacent to an activating group) is 1. The zero-order valence-corrected chi connectivity index (χ0v) is 13.3. The number of rotatable bonds is 3. The lowest BCUT2D eigenvalue weighted by atomic mass is 10.2. The number of anilines is 2. The van der Waals surface area contributed by atoms with Gasteiger partial charge in [0.05, 0.1) is 24.2 Å². The van der Waals surface area contributed by atoms with Crippen LogP contribution in [0.5, 0.6) is 0 Å². The minimum absolute atomic E-state index is 0.222. The molecule has 124 valence electrons. The molecule has 1 atom stereocenters. The predicted octanol–water partition coefficient (Wildman–Crippen LogP) is 0.595. The summed E-state index contributed by atoms with van der Waals surface area (Å²) in [5, 5.41) is 16.0. The van der Waals surface area contributed by atoms with E-state index in [0.29, 0.717) is 24.5 Å². The summed E-state index contributed by atoms with van der Waals surface area (Å²) in [7, 11) is 1.95. The van der Waals surface area contributed by atoms with Crippen molar-refractivity contribution in [2.24, 2.45) is 0 Å². The van der Waals surface area contributed by atoms with Crippen LogP contribution in [0, 0.1) is 11.3 Å². The van der Waals surface area contributed by atoms with Gasteiger partial charge in [-0.2, -0.15) is 10.4 Å². The van der Waals surface area contributed by atoms with Crippen molar-refractivity contribution in [2.75, 3.05) is 37.8 Å². The van der Waals surface area contributed by atoms with Crippen molar-refractivity contribution in [3.05, 3.63) is 36.0 Å². The van der Waals surface area contributed by atoms with Gasteiger partial charge in [0.15, 0.2) is 0 Å². The average Bonchev–Trinajstić information content (AvgIpc) is 2.96. The molecule has 2 aromatic rings. The fourth-order valence-corrected chi connectivity index (χ4v) is 2.55. The number of nitrogens with zero attached hydrogens (tertiary/aromatic N) is 4. The van der Waals surface area contributed by atoms with Crippen LogP contribution < -0.4 is 11.1 Å². The van der Waals surface area contributed by atoms with Crippen molar-refractivity contribution < 1.29 is 9.53 Å². The van der Waals surface area contributed by atoms with Gasteiger partial charge >= 0.3 is 0 Å². The van der Waals surface area contributed by atoms with Crippen LogP contribution in [0.1, 0.15) is 5.56 Å². The first-order valence-corrected chi connectivity index (χ1v) is 7.54. The number of hydrogen-bond acceptors (Lipinski definition) is 6. The Morgan fingerprint density at radius 1 is 1.50 bits per heavy atom. The van der Waals surface area contributed by atoms with Crippen molar-refractivity contribution in [3.63, 3.8) is 0 Å². The second-order valence-electron chi connectivity index (χ2n) is 5.60. The molecule has 1 aromatic heterocycles. The van der Waals surface area contributed by atoms with E-state index < -0.39 is 6.10 Å². The largest absolute Gasteiger partial charge is 0.382 e. The third-order valence-electron chi connectivity index (χ3n) is 3.88. The molecule has 1 aliphatic rings. The number of nitrogens with one attached hydrogen (secondary N) is 1. The van der Waals surface area contributed by atoms with Crippen LogP contribution >= 0.6 is 0 Å². The first-order valence-electron chi connectivity index (χ1n) is 7.54. The van der Waals surface area contributed by atoms with Crippen LogP contribution in [-0.2, 0) is 9.53 Å². The average molecular weight is 326 g/mol. The summed E-state index contributed by atoms with van der Waals surface area (Å²) in [6.45, 7) is 1.87. The lowest BCUT2D eigenvalue weighted by Crippen LogP contribution is -2.46. The highest BCUT2D eigenvalue weighted by atomic mass is 16.5. The van der Waals surface area contributed by atoms with Gasteiger partial charge in [0.1, 0.15) is 23.6 Å². The standard InChI is InChI=1S/C16H18N6O2/c1-21-6-7-24-14(10-21)16(23)20-12-4-2-3-5-13(12)22-15(18)11(8-17)9-19-22/h2-5,9,14H,6-7,10,18H2,1H3,(H,20,23)/t14-/m1/s1. The predicted molar refractivity (Wildman–Crippen MR) is 88.6 cm³/mol. The molecule has 3 rings (SSSR count). The Morgan fingerprint density at radius 2 is 2.29 bits per heavy atom. The number of nitriles is 1. The number of amides is 1. The maximum Gasteiger partial charge on any atom is 0.254 e. The van der Waals surface area contributed by atoms with E-state index in [1.807, 2.05) is 24.1 Å². The van der Waals surface area contributed by atoms with Crippen molar-refractivity contribution >= 4 is 17.4 Å². The molecule has 8 heteroatoms. The lowest BCUT2D eigenvalue weighted by Gasteiger charge is -2.29. The zero-order chi connectivity index (χ0) is 17.1. The topological polar surface area (TPSA) is 109 Å². The molecular formula is C16H18N6O2. The number of morpholine rings is 1. The van der Waals surface area contributed by atoms with Crippen LogP contribution in [0.15, 0.2) is 30.5 Å². The van der Waals surface area contributed by atoms with E-state index in [2.05, 4.69) is 10.4 Å². The van der Waals surface area contributed by atoms with Gasteiger partial charge in [0.2, 0.25) is 0 Å². The number of carbonyl (C=O) groups excluding carboxylic acids is 1. The molecule has 8 nitrogen and oxygen atoms in total. The zero-order valence-electron chi connectivity index (χ0n) is 13.3. The molecule has 0 radical (unpaired) electrons. The quantitative estimate of drug-likeness (QED) is 0.854. The van der Waals surface area contributed by atoms with Crippen LogP contribution in [0.4, 0.5) is 11.5 Å². The first-order chi connectivity index (χ1) is 11.6. The third kappa shape index (κ3) is 3.08. The summed E-state index contributed by atoms with van der Waals surface area (Å²) in [4.78, 5) is 14.5. The number of aromatic nitrogens is 2. The summed E-state index contributed by atoms with van der Waals surface area (Å²) in [6.07, 6.45) is 0.870. The van der Waals surface area contributed by atoms with E-state index in [1.165, 1.54) is 10.9 Å². The van der Waals surface area contributed by atoms with Gasteiger partial charge in [0, 0.05) is 13.1 Å². The molecule has 24 heavy (non-hydrogen) atoms. The molecule has 1 fully saturated rings. The minimum Gasteiger partial charge on any atom is -0.382 e. The van der Waals surface area contributed by atoms with Gasteiger partial charge < -0.3 is 20.7 Å².